The fourth-order valence-electron chi connectivity index (χ4n) is 3.13. The maximum Gasteiger partial charge on any atom is 0.127 e. The molecular weight excluding hydrogens is 253 g/mol. The number of hydrogen-bond acceptors (Lipinski definition) is 2. The lowest BCUT2D eigenvalue weighted by Crippen LogP contribution is -2.30. The number of benzene rings is 1. The Kier molecular flexibility index (Phi) is 4.56. The highest BCUT2D eigenvalue weighted by Gasteiger charge is 2.18. The van der Waals surface area contributed by atoms with Gasteiger partial charge in [-0.1, -0.05) is 6.42 Å². The van der Waals surface area contributed by atoms with E-state index in [4.69, 9.17) is 4.74 Å². The molecule has 1 N–H and O–H groups in total. The molecule has 1 heterocycles. The third kappa shape index (κ3) is 3.72. The second-order valence-corrected chi connectivity index (χ2v) is 6.32. The van der Waals surface area contributed by atoms with Gasteiger partial charge in [-0.2, -0.15) is 0 Å². The minimum absolute atomic E-state index is 0.171. The Bertz CT molecular complexity index is 439. The number of nitrogens with one attached hydrogen (secondary N) is 1. The van der Waals surface area contributed by atoms with Crippen molar-refractivity contribution in [1.29, 1.82) is 0 Å². The van der Waals surface area contributed by atoms with Crippen LogP contribution in [0.25, 0.3) is 0 Å². The van der Waals surface area contributed by atoms with Crippen LogP contribution in [0.3, 0.4) is 0 Å². The molecule has 1 aliphatic carbocycles. The molecule has 2 nitrogen and oxygen atoms in total. The first kappa shape index (κ1) is 13.9. The van der Waals surface area contributed by atoms with Crippen LogP contribution in [-0.2, 0) is 6.42 Å². The minimum Gasteiger partial charge on any atom is -0.493 e. The predicted molar refractivity (Wildman–Crippen MR) is 78.5 cm³/mol. The highest BCUT2D eigenvalue weighted by Crippen LogP contribution is 2.28. The van der Waals surface area contributed by atoms with Crippen molar-refractivity contribution >= 4 is 0 Å². The topological polar surface area (TPSA) is 21.3 Å². The lowest BCUT2D eigenvalue weighted by Gasteiger charge is -2.25. The number of rotatable bonds is 5. The lowest BCUT2D eigenvalue weighted by atomic mass is 9.86. The van der Waals surface area contributed by atoms with E-state index in [-0.39, 0.29) is 5.82 Å². The standard InChI is InChI=1S/C17H24FNO/c18-16-8-15(7-14-5-2-6-19-11-14)9-17(10-16)20-12-13-3-1-4-13/h8-10,13-14,19H,1-7,11-12H2. The SMILES string of the molecule is Fc1cc(CC2CCCNC2)cc(OCC2CCC2)c1. The van der Waals surface area contributed by atoms with Crippen molar-refractivity contribution in [2.24, 2.45) is 11.8 Å². The quantitative estimate of drug-likeness (QED) is 0.888. The molecule has 2 aliphatic rings. The fraction of sp³-hybridized carbons (Fsp3) is 0.647. The summed E-state index contributed by atoms with van der Waals surface area (Å²) in [6, 6.07) is 5.20. The van der Waals surface area contributed by atoms with Crippen molar-refractivity contribution in [3.8, 4) is 5.75 Å². The second kappa shape index (κ2) is 6.57. The molecule has 0 bridgehead atoms. The van der Waals surface area contributed by atoms with Gasteiger partial charge in [0.05, 0.1) is 6.61 Å². The molecule has 3 rings (SSSR count). The van der Waals surface area contributed by atoms with Crippen LogP contribution in [0.4, 0.5) is 4.39 Å². The summed E-state index contributed by atoms with van der Waals surface area (Å²) in [7, 11) is 0. The van der Waals surface area contributed by atoms with Crippen molar-refractivity contribution in [3.05, 3.63) is 29.6 Å². The van der Waals surface area contributed by atoms with Gasteiger partial charge in [-0.3, -0.25) is 0 Å². The monoisotopic (exact) mass is 277 g/mol. The van der Waals surface area contributed by atoms with Crippen LogP contribution < -0.4 is 10.1 Å². The molecule has 20 heavy (non-hydrogen) atoms. The molecule has 2 fully saturated rings. The summed E-state index contributed by atoms with van der Waals surface area (Å²) >= 11 is 0. The van der Waals surface area contributed by atoms with Gasteiger partial charge in [0, 0.05) is 6.07 Å². The van der Waals surface area contributed by atoms with Crippen LogP contribution in [0.1, 0.15) is 37.7 Å². The summed E-state index contributed by atoms with van der Waals surface area (Å²) in [6.07, 6.45) is 7.25. The summed E-state index contributed by atoms with van der Waals surface area (Å²) in [5.74, 6) is 1.85. The molecular formula is C17H24FNO. The summed E-state index contributed by atoms with van der Waals surface area (Å²) in [5.41, 5.74) is 1.07. The molecule has 0 radical (unpaired) electrons. The van der Waals surface area contributed by atoms with Crippen molar-refractivity contribution in [2.75, 3.05) is 19.7 Å². The Morgan fingerprint density at radius 1 is 1.10 bits per heavy atom. The molecule has 0 spiro atoms. The van der Waals surface area contributed by atoms with Gasteiger partial charge >= 0.3 is 0 Å². The average molecular weight is 277 g/mol. The predicted octanol–water partition coefficient (Wildman–Crippen LogP) is 3.55. The molecule has 3 heteroatoms. The molecule has 1 aromatic carbocycles. The highest BCUT2D eigenvalue weighted by molar-refractivity contribution is 5.30. The van der Waals surface area contributed by atoms with E-state index < -0.39 is 0 Å². The third-order valence-electron chi connectivity index (χ3n) is 4.56. The van der Waals surface area contributed by atoms with Crippen LogP contribution in [-0.4, -0.2) is 19.7 Å². The van der Waals surface area contributed by atoms with Crippen molar-refractivity contribution in [2.45, 2.75) is 38.5 Å². The summed E-state index contributed by atoms with van der Waals surface area (Å²) < 4.78 is 19.5. The molecule has 1 aliphatic heterocycles. The molecule has 0 aromatic heterocycles. The Hall–Kier alpha value is -1.09. The van der Waals surface area contributed by atoms with E-state index >= 15 is 0 Å². The van der Waals surface area contributed by atoms with Gasteiger partial charge in [-0.15, -0.1) is 0 Å². The van der Waals surface area contributed by atoms with E-state index in [0.29, 0.717) is 17.6 Å². The zero-order chi connectivity index (χ0) is 13.8. The number of piperidine rings is 1. The molecule has 0 amide bonds. The second-order valence-electron chi connectivity index (χ2n) is 6.32. The molecule has 110 valence electrons. The lowest BCUT2D eigenvalue weighted by molar-refractivity contribution is 0.180. The smallest absolute Gasteiger partial charge is 0.127 e. The Morgan fingerprint density at radius 2 is 1.95 bits per heavy atom. The van der Waals surface area contributed by atoms with Gasteiger partial charge in [0.1, 0.15) is 11.6 Å². The first-order chi connectivity index (χ1) is 9.79. The Morgan fingerprint density at radius 3 is 2.65 bits per heavy atom. The van der Waals surface area contributed by atoms with Gasteiger partial charge < -0.3 is 10.1 Å². The van der Waals surface area contributed by atoms with Crippen LogP contribution in [0.5, 0.6) is 5.75 Å². The summed E-state index contributed by atoms with van der Waals surface area (Å²) in [4.78, 5) is 0. The van der Waals surface area contributed by atoms with Crippen molar-refractivity contribution < 1.29 is 9.13 Å². The van der Waals surface area contributed by atoms with E-state index in [2.05, 4.69) is 5.32 Å². The zero-order valence-electron chi connectivity index (χ0n) is 12.0. The minimum atomic E-state index is -0.171. The summed E-state index contributed by atoms with van der Waals surface area (Å²) in [6.45, 7) is 2.91. The maximum absolute atomic E-state index is 13.7. The van der Waals surface area contributed by atoms with Crippen molar-refractivity contribution in [3.63, 3.8) is 0 Å². The fourth-order valence-corrected chi connectivity index (χ4v) is 3.13. The molecule has 1 saturated heterocycles. The van der Waals surface area contributed by atoms with Crippen LogP contribution >= 0.6 is 0 Å². The maximum atomic E-state index is 13.7. The van der Waals surface area contributed by atoms with Gasteiger partial charge in [0.2, 0.25) is 0 Å². The molecule has 1 saturated carbocycles. The summed E-state index contributed by atoms with van der Waals surface area (Å²) in [5, 5.41) is 3.41. The third-order valence-corrected chi connectivity index (χ3v) is 4.56. The highest BCUT2D eigenvalue weighted by atomic mass is 19.1. The van der Waals surface area contributed by atoms with E-state index in [1.54, 1.807) is 6.07 Å². The van der Waals surface area contributed by atoms with E-state index in [0.717, 1.165) is 31.7 Å². The number of halogens is 1. The average Bonchev–Trinajstić information content (AvgIpc) is 2.37. The number of hydrogen-bond donors (Lipinski definition) is 1. The Labute approximate surface area is 120 Å². The first-order valence-electron chi connectivity index (χ1n) is 7.92. The molecule has 1 aromatic rings. The van der Waals surface area contributed by atoms with Crippen molar-refractivity contribution in [1.82, 2.24) is 5.32 Å². The van der Waals surface area contributed by atoms with Gasteiger partial charge in [-0.05, 0) is 74.7 Å². The van der Waals surface area contributed by atoms with Gasteiger partial charge in [0.15, 0.2) is 0 Å². The van der Waals surface area contributed by atoms with Crippen LogP contribution in [0, 0.1) is 17.7 Å². The number of ether oxygens (including phenoxy) is 1. The van der Waals surface area contributed by atoms with E-state index in [9.17, 15) is 4.39 Å². The largest absolute Gasteiger partial charge is 0.493 e. The van der Waals surface area contributed by atoms with Gasteiger partial charge in [0.25, 0.3) is 0 Å². The van der Waals surface area contributed by atoms with Crippen LogP contribution in [0.15, 0.2) is 18.2 Å². The van der Waals surface area contributed by atoms with E-state index in [1.807, 2.05) is 6.07 Å². The van der Waals surface area contributed by atoms with E-state index in [1.165, 1.54) is 38.2 Å². The van der Waals surface area contributed by atoms with Crippen LogP contribution in [0.2, 0.25) is 0 Å². The zero-order valence-corrected chi connectivity index (χ0v) is 12.0. The molecule has 1 atom stereocenters. The molecule has 1 unspecified atom stereocenters. The first-order valence-corrected chi connectivity index (χ1v) is 7.92. The normalized spacial score (nSPS) is 23.4. The Balaban J connectivity index is 1.59. The van der Waals surface area contributed by atoms with Gasteiger partial charge in [-0.25, -0.2) is 4.39 Å².